The highest BCUT2D eigenvalue weighted by Gasteiger charge is 2.22. The van der Waals surface area contributed by atoms with Gasteiger partial charge in [-0.25, -0.2) is 4.79 Å². The normalized spacial score (nSPS) is 20.8. The van der Waals surface area contributed by atoms with Gasteiger partial charge in [0.05, 0.1) is 0 Å². The zero-order chi connectivity index (χ0) is 12.8. The fourth-order valence-corrected chi connectivity index (χ4v) is 2.68. The highest BCUT2D eigenvalue weighted by molar-refractivity contribution is 7.99. The van der Waals surface area contributed by atoms with Crippen molar-refractivity contribution in [3.63, 3.8) is 0 Å². The predicted octanol–water partition coefficient (Wildman–Crippen LogP) is -0.412. The molecule has 0 aromatic rings. The van der Waals surface area contributed by atoms with E-state index in [1.807, 2.05) is 0 Å². The molecule has 0 bridgehead atoms. The fraction of sp³-hybridized carbons (Fsp3) is 0.700. The second-order valence-electron chi connectivity index (χ2n) is 3.93. The summed E-state index contributed by atoms with van der Waals surface area (Å²) in [7, 11) is 0. The Bertz CT molecular complexity index is 321. The van der Waals surface area contributed by atoms with Crippen LogP contribution < -0.4 is 10.6 Å². The van der Waals surface area contributed by atoms with Crippen LogP contribution in [0.1, 0.15) is 19.8 Å². The van der Waals surface area contributed by atoms with Gasteiger partial charge in [0.15, 0.2) is 0 Å². The maximum absolute atomic E-state index is 10.9. The molecule has 17 heavy (non-hydrogen) atoms. The average Bonchev–Trinajstić information content (AvgIpc) is 2.62. The van der Waals surface area contributed by atoms with Gasteiger partial charge in [0.2, 0.25) is 11.8 Å². The Labute approximate surface area is 104 Å². The molecule has 2 atom stereocenters. The van der Waals surface area contributed by atoms with E-state index in [9.17, 15) is 14.4 Å². The SMILES string of the molecule is CC(=O)N[C@@H](CSCC1CCC(=O)N1)C(=O)O. The van der Waals surface area contributed by atoms with Crippen molar-refractivity contribution in [3.05, 3.63) is 0 Å². The van der Waals surface area contributed by atoms with Crippen molar-refractivity contribution in [2.24, 2.45) is 0 Å². The molecule has 1 aliphatic heterocycles. The zero-order valence-corrected chi connectivity index (χ0v) is 10.4. The molecule has 1 fully saturated rings. The monoisotopic (exact) mass is 260 g/mol. The number of thioether (sulfide) groups is 1. The molecule has 1 aliphatic rings. The fourth-order valence-electron chi connectivity index (χ4n) is 1.55. The molecule has 0 aromatic heterocycles. The molecule has 3 N–H and O–H groups in total. The molecule has 6 nitrogen and oxygen atoms in total. The number of rotatable bonds is 6. The third kappa shape index (κ3) is 5.08. The van der Waals surface area contributed by atoms with Crippen molar-refractivity contribution >= 4 is 29.5 Å². The number of carboxylic acid groups (broad SMARTS) is 1. The van der Waals surface area contributed by atoms with E-state index in [0.29, 0.717) is 17.9 Å². The van der Waals surface area contributed by atoms with Crippen molar-refractivity contribution in [1.29, 1.82) is 0 Å². The summed E-state index contributed by atoms with van der Waals surface area (Å²) < 4.78 is 0. The van der Waals surface area contributed by atoms with Gasteiger partial charge in [-0.05, 0) is 6.42 Å². The first kappa shape index (κ1) is 13.8. The van der Waals surface area contributed by atoms with Gasteiger partial charge in [0, 0.05) is 30.9 Å². The zero-order valence-electron chi connectivity index (χ0n) is 9.56. The van der Waals surface area contributed by atoms with E-state index < -0.39 is 12.0 Å². The minimum atomic E-state index is -1.04. The number of carbonyl (C=O) groups is 3. The van der Waals surface area contributed by atoms with Crippen molar-refractivity contribution < 1.29 is 19.5 Å². The first-order valence-corrected chi connectivity index (χ1v) is 6.51. The quantitative estimate of drug-likeness (QED) is 0.603. The van der Waals surface area contributed by atoms with Gasteiger partial charge in [0.1, 0.15) is 6.04 Å². The van der Waals surface area contributed by atoms with Gasteiger partial charge >= 0.3 is 5.97 Å². The summed E-state index contributed by atoms with van der Waals surface area (Å²) in [6, 6.07) is -0.742. The lowest BCUT2D eigenvalue weighted by atomic mass is 10.2. The highest BCUT2D eigenvalue weighted by Crippen LogP contribution is 2.13. The van der Waals surface area contributed by atoms with E-state index >= 15 is 0 Å². The van der Waals surface area contributed by atoms with Crippen molar-refractivity contribution in [1.82, 2.24) is 10.6 Å². The number of carbonyl (C=O) groups excluding carboxylic acids is 2. The Morgan fingerprint density at radius 3 is 2.82 bits per heavy atom. The van der Waals surface area contributed by atoms with Crippen LogP contribution in [0.3, 0.4) is 0 Å². The number of carboxylic acids is 1. The molecule has 1 unspecified atom stereocenters. The third-order valence-corrected chi connectivity index (χ3v) is 3.57. The van der Waals surface area contributed by atoms with Crippen molar-refractivity contribution in [3.8, 4) is 0 Å². The Morgan fingerprint density at radius 2 is 2.35 bits per heavy atom. The summed E-state index contributed by atoms with van der Waals surface area (Å²) in [6.45, 7) is 1.29. The average molecular weight is 260 g/mol. The molecule has 7 heteroatoms. The molecule has 1 saturated heterocycles. The Balaban J connectivity index is 2.25. The Kier molecular flexibility index (Phi) is 5.27. The van der Waals surface area contributed by atoms with Crippen LogP contribution in [0, 0.1) is 0 Å². The van der Waals surface area contributed by atoms with Gasteiger partial charge in [-0.2, -0.15) is 11.8 Å². The minimum absolute atomic E-state index is 0.0484. The Hall–Kier alpha value is -1.24. The summed E-state index contributed by atoms with van der Waals surface area (Å²) >= 11 is 1.42. The van der Waals surface area contributed by atoms with E-state index in [1.165, 1.54) is 18.7 Å². The van der Waals surface area contributed by atoms with Crippen molar-refractivity contribution in [2.45, 2.75) is 31.8 Å². The highest BCUT2D eigenvalue weighted by atomic mass is 32.2. The first-order chi connectivity index (χ1) is 7.99. The molecule has 2 amide bonds. The lowest BCUT2D eigenvalue weighted by Crippen LogP contribution is -2.41. The Morgan fingerprint density at radius 1 is 1.65 bits per heavy atom. The molecular formula is C10H16N2O4S. The standard InChI is InChI=1S/C10H16N2O4S/c1-6(13)11-8(10(15)16)5-17-4-7-2-3-9(14)12-7/h7-8H,2-5H2,1H3,(H,11,13)(H,12,14)(H,15,16)/t7?,8-/m0/s1. The molecule has 0 spiro atoms. The third-order valence-electron chi connectivity index (χ3n) is 2.36. The van der Waals surface area contributed by atoms with Gasteiger partial charge in [-0.1, -0.05) is 0 Å². The summed E-state index contributed by atoms with van der Waals surface area (Å²) in [5.74, 6) is -0.362. The molecule has 0 aromatic carbocycles. The number of nitrogens with one attached hydrogen (secondary N) is 2. The van der Waals surface area contributed by atoms with Crippen LogP contribution in [0.4, 0.5) is 0 Å². The number of amides is 2. The maximum atomic E-state index is 10.9. The van der Waals surface area contributed by atoms with Crippen LogP contribution in [-0.2, 0) is 14.4 Å². The van der Waals surface area contributed by atoms with E-state index in [0.717, 1.165) is 6.42 Å². The lowest BCUT2D eigenvalue weighted by molar-refractivity contribution is -0.140. The molecule has 1 heterocycles. The second-order valence-corrected chi connectivity index (χ2v) is 5.01. The van der Waals surface area contributed by atoms with Gasteiger partial charge in [-0.15, -0.1) is 0 Å². The number of hydrogen-bond acceptors (Lipinski definition) is 4. The van der Waals surface area contributed by atoms with Crippen LogP contribution in [0.2, 0.25) is 0 Å². The first-order valence-electron chi connectivity index (χ1n) is 5.36. The molecule has 1 rings (SSSR count). The molecular weight excluding hydrogens is 244 g/mol. The van der Waals surface area contributed by atoms with Gasteiger partial charge in [0.25, 0.3) is 0 Å². The smallest absolute Gasteiger partial charge is 0.327 e. The molecule has 0 aliphatic carbocycles. The van der Waals surface area contributed by atoms with Crippen LogP contribution in [0.15, 0.2) is 0 Å². The largest absolute Gasteiger partial charge is 0.480 e. The second kappa shape index (κ2) is 6.48. The van der Waals surface area contributed by atoms with E-state index in [2.05, 4.69) is 10.6 Å². The van der Waals surface area contributed by atoms with Crippen LogP contribution in [0.5, 0.6) is 0 Å². The number of aliphatic carboxylic acids is 1. The predicted molar refractivity (Wildman–Crippen MR) is 63.7 cm³/mol. The topological polar surface area (TPSA) is 95.5 Å². The summed E-state index contributed by atoms with van der Waals surface area (Å²) in [5.41, 5.74) is 0. The van der Waals surface area contributed by atoms with Crippen molar-refractivity contribution in [2.75, 3.05) is 11.5 Å². The molecule has 96 valence electrons. The van der Waals surface area contributed by atoms with E-state index in [1.54, 1.807) is 0 Å². The van der Waals surface area contributed by atoms with Crippen LogP contribution >= 0.6 is 11.8 Å². The summed E-state index contributed by atoms with van der Waals surface area (Å²) in [6.07, 6.45) is 1.34. The molecule has 0 saturated carbocycles. The number of hydrogen-bond donors (Lipinski definition) is 3. The maximum Gasteiger partial charge on any atom is 0.327 e. The minimum Gasteiger partial charge on any atom is -0.480 e. The van der Waals surface area contributed by atoms with E-state index in [4.69, 9.17) is 5.11 Å². The van der Waals surface area contributed by atoms with Crippen LogP contribution in [-0.4, -0.2) is 46.5 Å². The van der Waals surface area contributed by atoms with Gasteiger partial charge in [-0.3, -0.25) is 9.59 Å². The molecule has 0 radical (unpaired) electrons. The summed E-state index contributed by atoms with van der Waals surface area (Å²) in [5, 5.41) is 14.0. The van der Waals surface area contributed by atoms with Crippen LogP contribution in [0.25, 0.3) is 0 Å². The summed E-state index contributed by atoms with van der Waals surface area (Å²) in [4.78, 5) is 32.5. The lowest BCUT2D eigenvalue weighted by Gasteiger charge is -2.14. The van der Waals surface area contributed by atoms with E-state index in [-0.39, 0.29) is 17.9 Å². The van der Waals surface area contributed by atoms with Gasteiger partial charge < -0.3 is 15.7 Å².